The molecular formula is C23H35NO5S. The van der Waals surface area contributed by atoms with Crippen LogP contribution in [0.1, 0.15) is 75.8 Å². The Morgan fingerprint density at radius 1 is 1.13 bits per heavy atom. The van der Waals surface area contributed by atoms with Crippen molar-refractivity contribution in [3.63, 3.8) is 0 Å². The molecule has 0 spiro atoms. The number of hydrogen-bond donors (Lipinski definition) is 1. The molecule has 1 aromatic carbocycles. The van der Waals surface area contributed by atoms with Gasteiger partial charge < -0.3 is 13.7 Å². The van der Waals surface area contributed by atoms with Gasteiger partial charge in [0.15, 0.2) is 11.5 Å². The minimum atomic E-state index is -4.09. The third-order valence-corrected chi connectivity index (χ3v) is 8.53. The van der Waals surface area contributed by atoms with Crippen molar-refractivity contribution in [2.75, 3.05) is 13.7 Å². The lowest BCUT2D eigenvalue weighted by molar-refractivity contribution is -0.138. The van der Waals surface area contributed by atoms with E-state index in [1.807, 2.05) is 12.1 Å². The van der Waals surface area contributed by atoms with Crippen LogP contribution in [0.25, 0.3) is 0 Å². The smallest absolute Gasteiger partial charge is 0.380 e. The second kappa shape index (κ2) is 8.32. The first-order valence-electron chi connectivity index (χ1n) is 11.4. The molecule has 6 nitrogen and oxygen atoms in total. The van der Waals surface area contributed by atoms with Crippen LogP contribution in [0.4, 0.5) is 0 Å². The number of nitrogens with two attached hydrogens (primary N) is 1. The highest BCUT2D eigenvalue weighted by molar-refractivity contribution is 7.84. The van der Waals surface area contributed by atoms with E-state index in [1.165, 1.54) is 44.8 Å². The molecule has 5 atom stereocenters. The fourth-order valence-electron chi connectivity index (χ4n) is 7.00. The van der Waals surface area contributed by atoms with Crippen molar-refractivity contribution in [1.29, 1.82) is 0 Å². The lowest BCUT2D eigenvalue weighted by Crippen LogP contribution is -2.53. The van der Waals surface area contributed by atoms with E-state index in [0.29, 0.717) is 35.0 Å². The van der Waals surface area contributed by atoms with E-state index >= 15 is 0 Å². The third kappa shape index (κ3) is 3.73. The normalized spacial score (nSPS) is 33.2. The largest absolute Gasteiger partial charge is 0.493 e. The van der Waals surface area contributed by atoms with E-state index < -0.39 is 10.3 Å². The summed E-state index contributed by atoms with van der Waals surface area (Å²) in [5.41, 5.74) is 2.76. The zero-order valence-electron chi connectivity index (χ0n) is 18.4. The number of hydrogen-bond acceptors (Lipinski definition) is 5. The molecule has 168 valence electrons. The first-order chi connectivity index (χ1) is 14.3. The molecule has 2 N–H and O–H groups in total. The van der Waals surface area contributed by atoms with E-state index in [9.17, 15) is 8.42 Å². The lowest BCUT2D eigenvalue weighted by Gasteiger charge is -2.58. The maximum atomic E-state index is 11.5. The van der Waals surface area contributed by atoms with Crippen molar-refractivity contribution < 1.29 is 22.1 Å². The molecule has 30 heavy (non-hydrogen) atoms. The van der Waals surface area contributed by atoms with Gasteiger partial charge in [-0.3, -0.25) is 0 Å². The average Bonchev–Trinajstić information content (AvgIpc) is 2.72. The quantitative estimate of drug-likeness (QED) is 0.716. The van der Waals surface area contributed by atoms with Crippen molar-refractivity contribution in [1.82, 2.24) is 0 Å². The fraction of sp³-hybridized carbons (Fsp3) is 0.739. The lowest BCUT2D eigenvalue weighted by atomic mass is 9.48. The van der Waals surface area contributed by atoms with E-state index in [2.05, 4.69) is 13.8 Å². The molecule has 3 aliphatic rings. The van der Waals surface area contributed by atoms with Gasteiger partial charge in [0.2, 0.25) is 0 Å². The molecule has 1 unspecified atom stereocenters. The second-order valence-electron chi connectivity index (χ2n) is 9.19. The van der Waals surface area contributed by atoms with Gasteiger partial charge in [0.1, 0.15) is 0 Å². The molecule has 0 bridgehead atoms. The molecule has 0 heterocycles. The van der Waals surface area contributed by atoms with Crippen LogP contribution in [0.2, 0.25) is 0 Å². The van der Waals surface area contributed by atoms with E-state index in [-0.39, 0.29) is 5.75 Å². The molecule has 7 heteroatoms. The van der Waals surface area contributed by atoms with Gasteiger partial charge in [0.05, 0.1) is 13.2 Å². The highest BCUT2D eigenvalue weighted by atomic mass is 32.2. The summed E-state index contributed by atoms with van der Waals surface area (Å²) in [6.07, 6.45) is 9.68. The standard InChI is InChI=1S/C23H35NO5S/c1-4-23-12-11-16-17(19(23)7-6-8-22(23)28-5-2)10-9-15-13-21(29-30(24,25)26)20(27-3)14-18(15)16/h13-14,16-17,19,22H,4-12H2,1-3H3,(H2,24,25,26)/t16-,17+,19-,22?,23-/m0/s1. The Morgan fingerprint density at radius 3 is 2.60 bits per heavy atom. The Kier molecular flexibility index (Phi) is 6.08. The molecule has 2 saturated carbocycles. The second-order valence-corrected chi connectivity index (χ2v) is 10.3. The predicted molar refractivity (Wildman–Crippen MR) is 116 cm³/mol. The van der Waals surface area contributed by atoms with Crippen molar-refractivity contribution in [3.05, 3.63) is 23.3 Å². The van der Waals surface area contributed by atoms with E-state index in [4.69, 9.17) is 18.8 Å². The van der Waals surface area contributed by atoms with Crippen LogP contribution >= 0.6 is 0 Å². The fourth-order valence-corrected chi connectivity index (χ4v) is 7.38. The number of aryl methyl sites for hydroxylation is 1. The summed E-state index contributed by atoms with van der Waals surface area (Å²) in [6, 6.07) is 3.81. The Balaban J connectivity index is 1.68. The SMILES string of the molecule is CCOC1CCC[C@H]2[C@@H]3CCc4cc(OS(N)(=O)=O)c(OC)cc4[C@H]3CC[C@]12CC. The van der Waals surface area contributed by atoms with Crippen molar-refractivity contribution in [2.24, 2.45) is 22.4 Å². The zero-order valence-corrected chi connectivity index (χ0v) is 19.2. The summed E-state index contributed by atoms with van der Waals surface area (Å²) >= 11 is 0. The molecular weight excluding hydrogens is 402 g/mol. The van der Waals surface area contributed by atoms with E-state index in [0.717, 1.165) is 31.4 Å². The average molecular weight is 438 g/mol. The van der Waals surface area contributed by atoms with E-state index in [1.54, 1.807) is 0 Å². The molecule has 0 aliphatic heterocycles. The number of methoxy groups -OCH3 is 1. The molecule has 3 aliphatic carbocycles. The molecule has 4 rings (SSSR count). The van der Waals surface area contributed by atoms with Gasteiger partial charge in [-0.15, -0.1) is 0 Å². The first kappa shape index (κ1) is 21.9. The third-order valence-electron chi connectivity index (χ3n) is 8.12. The molecule has 2 fully saturated rings. The Hall–Kier alpha value is -1.31. The van der Waals surface area contributed by atoms with Crippen LogP contribution in [0.3, 0.4) is 0 Å². The summed E-state index contributed by atoms with van der Waals surface area (Å²) in [4.78, 5) is 0. The summed E-state index contributed by atoms with van der Waals surface area (Å²) in [5, 5.41) is 5.10. The van der Waals surface area contributed by atoms with Gasteiger partial charge in [0.25, 0.3) is 0 Å². The van der Waals surface area contributed by atoms with Gasteiger partial charge in [-0.1, -0.05) is 13.3 Å². The highest BCUT2D eigenvalue weighted by Crippen LogP contribution is 2.62. The number of fused-ring (bicyclic) bond motifs is 5. The van der Waals surface area contributed by atoms with Crippen molar-refractivity contribution in [2.45, 2.75) is 77.2 Å². The Bertz CT molecular complexity index is 884. The Labute approximate surface area is 180 Å². The number of rotatable bonds is 6. The molecule has 0 saturated heterocycles. The molecule has 0 amide bonds. The monoisotopic (exact) mass is 437 g/mol. The van der Waals surface area contributed by atoms with Crippen LogP contribution in [0.5, 0.6) is 11.5 Å². The van der Waals surface area contributed by atoms with Crippen LogP contribution < -0.4 is 14.1 Å². The van der Waals surface area contributed by atoms with Crippen molar-refractivity contribution in [3.8, 4) is 11.5 Å². The number of benzene rings is 1. The summed E-state index contributed by atoms with van der Waals surface area (Å²) < 4.78 is 39.7. The van der Waals surface area contributed by atoms with Gasteiger partial charge >= 0.3 is 10.3 Å². The topological polar surface area (TPSA) is 87.9 Å². The van der Waals surface area contributed by atoms with Gasteiger partial charge in [-0.05, 0) is 98.3 Å². The maximum Gasteiger partial charge on any atom is 0.380 e. The van der Waals surface area contributed by atoms with Crippen LogP contribution in [0.15, 0.2) is 12.1 Å². The van der Waals surface area contributed by atoms with Gasteiger partial charge in [-0.25, -0.2) is 0 Å². The maximum absolute atomic E-state index is 11.5. The van der Waals surface area contributed by atoms with Crippen molar-refractivity contribution >= 4 is 10.3 Å². The van der Waals surface area contributed by atoms with Gasteiger partial charge in [-0.2, -0.15) is 13.6 Å². The van der Waals surface area contributed by atoms with Gasteiger partial charge in [0, 0.05) is 6.61 Å². The minimum Gasteiger partial charge on any atom is -0.493 e. The van der Waals surface area contributed by atoms with Crippen LogP contribution in [-0.4, -0.2) is 28.2 Å². The van der Waals surface area contributed by atoms with Crippen LogP contribution in [0, 0.1) is 17.3 Å². The van der Waals surface area contributed by atoms with Crippen LogP contribution in [-0.2, 0) is 21.5 Å². The molecule has 1 aromatic rings. The molecule has 0 aromatic heterocycles. The summed E-state index contributed by atoms with van der Waals surface area (Å²) in [7, 11) is -2.56. The summed E-state index contributed by atoms with van der Waals surface area (Å²) in [6.45, 7) is 5.25. The summed E-state index contributed by atoms with van der Waals surface area (Å²) in [5.74, 6) is 2.43. The first-order valence-corrected chi connectivity index (χ1v) is 12.8. The minimum absolute atomic E-state index is 0.185. The predicted octanol–water partition coefficient (Wildman–Crippen LogP) is 4.32. The molecule has 0 radical (unpaired) electrons. The highest BCUT2D eigenvalue weighted by Gasteiger charge is 2.54. The zero-order chi connectivity index (χ0) is 21.5. The Morgan fingerprint density at radius 2 is 1.93 bits per heavy atom. The number of ether oxygens (including phenoxy) is 2.